The number of hydrogen-bond donors (Lipinski definition) is 3. The van der Waals surface area contributed by atoms with E-state index in [9.17, 15) is 18.0 Å². The van der Waals surface area contributed by atoms with Crippen molar-refractivity contribution in [2.24, 2.45) is 0 Å². The number of carboxylic acid groups (broad SMARTS) is 1. The minimum atomic E-state index is -5.08. The number of aromatic nitrogens is 3. The van der Waals surface area contributed by atoms with Gasteiger partial charge >= 0.3 is 12.1 Å². The molecule has 3 aromatic heterocycles. The standard InChI is InChI=1S/C24H20N6OS2.C2HF3O2/c1-30(2)21-17-6-3-4-7-18(17)28-24(29-21)26-16-11-9-15(10-12-16)25-22(31)19-14-33-23(27-19)20-8-5-13-32-20;3-2(4,5)1(6)7/h3-14H,1-2H3,(H,25,31)(H,26,28,29);(H,6,7). The third-order valence-corrected chi connectivity index (χ3v) is 7.00. The smallest absolute Gasteiger partial charge is 0.475 e. The molecule has 40 heavy (non-hydrogen) atoms. The summed E-state index contributed by atoms with van der Waals surface area (Å²) in [7, 11) is 3.92. The highest BCUT2D eigenvalue weighted by atomic mass is 32.1. The van der Waals surface area contributed by atoms with E-state index in [0.717, 1.165) is 32.3 Å². The number of anilines is 4. The van der Waals surface area contributed by atoms with Crippen molar-refractivity contribution >= 4 is 68.6 Å². The maximum Gasteiger partial charge on any atom is 0.490 e. The summed E-state index contributed by atoms with van der Waals surface area (Å²) in [6.07, 6.45) is -5.08. The Morgan fingerprint density at radius 1 is 0.900 bits per heavy atom. The molecule has 0 aliphatic carbocycles. The number of thiazole rings is 1. The predicted octanol–water partition coefficient (Wildman–Crippen LogP) is 6.51. The minimum absolute atomic E-state index is 0.233. The van der Waals surface area contributed by atoms with Crippen LogP contribution in [0, 0.1) is 0 Å². The third kappa shape index (κ3) is 7.09. The van der Waals surface area contributed by atoms with Crippen LogP contribution in [0.4, 0.5) is 36.3 Å². The van der Waals surface area contributed by atoms with Crippen LogP contribution in [0.3, 0.4) is 0 Å². The molecule has 0 saturated carbocycles. The monoisotopic (exact) mass is 586 g/mol. The van der Waals surface area contributed by atoms with Gasteiger partial charge in [-0.1, -0.05) is 18.2 Å². The molecule has 0 unspecified atom stereocenters. The van der Waals surface area contributed by atoms with Crippen molar-refractivity contribution in [2.75, 3.05) is 29.6 Å². The molecule has 9 nitrogen and oxygen atoms in total. The summed E-state index contributed by atoms with van der Waals surface area (Å²) >= 11 is 3.07. The topological polar surface area (TPSA) is 120 Å². The second-order valence-electron chi connectivity index (χ2n) is 8.26. The molecule has 0 radical (unpaired) electrons. The van der Waals surface area contributed by atoms with Crippen LogP contribution in [-0.2, 0) is 4.79 Å². The molecule has 0 aliphatic heterocycles. The number of thiophene rings is 1. The summed E-state index contributed by atoms with van der Waals surface area (Å²) in [4.78, 5) is 38.3. The van der Waals surface area contributed by atoms with Gasteiger partial charge in [0.25, 0.3) is 5.91 Å². The van der Waals surface area contributed by atoms with Gasteiger partial charge < -0.3 is 20.6 Å². The van der Waals surface area contributed by atoms with E-state index < -0.39 is 12.1 Å². The van der Waals surface area contributed by atoms with Crippen molar-refractivity contribution < 1.29 is 27.9 Å². The number of hydrogen-bond acceptors (Lipinski definition) is 9. The Labute approximate surface area is 234 Å². The van der Waals surface area contributed by atoms with Gasteiger partial charge in [-0.05, 0) is 47.8 Å². The quantitative estimate of drug-likeness (QED) is 0.206. The minimum Gasteiger partial charge on any atom is -0.475 e. The number of carbonyl (C=O) groups excluding carboxylic acids is 1. The Kier molecular flexibility index (Phi) is 8.60. The number of alkyl halides is 3. The number of halogens is 3. The zero-order chi connectivity index (χ0) is 28.9. The molecule has 14 heteroatoms. The van der Waals surface area contributed by atoms with E-state index in [-0.39, 0.29) is 5.91 Å². The van der Waals surface area contributed by atoms with Gasteiger partial charge in [0.2, 0.25) is 5.95 Å². The van der Waals surface area contributed by atoms with Crippen LogP contribution in [-0.4, -0.2) is 52.2 Å². The molecule has 0 aliphatic rings. The fourth-order valence-electron chi connectivity index (χ4n) is 3.31. The van der Waals surface area contributed by atoms with Crippen LogP contribution in [0.5, 0.6) is 0 Å². The van der Waals surface area contributed by atoms with Gasteiger partial charge in [-0.15, -0.1) is 22.7 Å². The summed E-state index contributed by atoms with van der Waals surface area (Å²) in [6.45, 7) is 0. The molecule has 0 bridgehead atoms. The summed E-state index contributed by atoms with van der Waals surface area (Å²) < 4.78 is 31.7. The van der Waals surface area contributed by atoms with E-state index >= 15 is 0 Å². The SMILES string of the molecule is CN(C)c1nc(Nc2ccc(NC(=O)c3csc(-c4cccs4)n3)cc2)nc2ccccc12.O=C(O)C(F)(F)F. The fourth-order valence-corrected chi connectivity index (χ4v) is 4.92. The molecular formula is C26H21F3N6O3S2. The second kappa shape index (κ2) is 12.1. The molecule has 3 N–H and O–H groups in total. The number of carbonyl (C=O) groups is 2. The lowest BCUT2D eigenvalue weighted by atomic mass is 10.2. The van der Waals surface area contributed by atoms with Crippen molar-refractivity contribution in [3.63, 3.8) is 0 Å². The van der Waals surface area contributed by atoms with Crippen LogP contribution in [0.15, 0.2) is 71.4 Å². The van der Waals surface area contributed by atoms with Crippen LogP contribution in [0.1, 0.15) is 10.5 Å². The first-order valence-electron chi connectivity index (χ1n) is 11.4. The molecule has 0 fully saturated rings. The fraction of sp³-hybridized carbons (Fsp3) is 0.115. The maximum atomic E-state index is 12.6. The van der Waals surface area contributed by atoms with Crippen molar-refractivity contribution in [2.45, 2.75) is 6.18 Å². The highest BCUT2D eigenvalue weighted by Gasteiger charge is 2.38. The Morgan fingerprint density at radius 3 is 2.20 bits per heavy atom. The zero-order valence-corrected chi connectivity index (χ0v) is 22.6. The number of nitrogens with zero attached hydrogens (tertiary/aromatic N) is 4. The number of nitrogens with one attached hydrogen (secondary N) is 2. The Morgan fingerprint density at radius 2 is 1.57 bits per heavy atom. The van der Waals surface area contributed by atoms with E-state index in [0.29, 0.717) is 17.3 Å². The number of amides is 1. The number of aliphatic carboxylic acids is 1. The summed E-state index contributed by atoms with van der Waals surface area (Å²) in [5.41, 5.74) is 2.78. The molecule has 5 aromatic rings. The molecule has 2 aromatic carbocycles. The Bertz CT molecular complexity index is 1620. The number of fused-ring (bicyclic) bond motifs is 1. The van der Waals surface area contributed by atoms with Crippen LogP contribution >= 0.6 is 22.7 Å². The number of benzene rings is 2. The molecular weight excluding hydrogens is 565 g/mol. The van der Waals surface area contributed by atoms with Crippen molar-refractivity contribution in [1.82, 2.24) is 15.0 Å². The van der Waals surface area contributed by atoms with Crippen molar-refractivity contribution in [3.05, 3.63) is 77.1 Å². The number of para-hydroxylation sites is 1. The molecule has 0 saturated heterocycles. The van der Waals surface area contributed by atoms with E-state index in [1.54, 1.807) is 16.7 Å². The maximum absolute atomic E-state index is 12.6. The van der Waals surface area contributed by atoms with Crippen LogP contribution in [0.25, 0.3) is 20.8 Å². The average Bonchev–Trinajstić information content (AvgIpc) is 3.62. The van der Waals surface area contributed by atoms with E-state index in [1.807, 2.05) is 85.0 Å². The predicted molar refractivity (Wildman–Crippen MR) is 151 cm³/mol. The molecule has 5 rings (SSSR count). The summed E-state index contributed by atoms with van der Waals surface area (Å²) in [5.74, 6) is -1.63. The first kappa shape index (κ1) is 28.4. The van der Waals surface area contributed by atoms with Gasteiger partial charge in [-0.25, -0.2) is 14.8 Å². The van der Waals surface area contributed by atoms with Gasteiger partial charge in [-0.2, -0.15) is 18.2 Å². The van der Waals surface area contributed by atoms with E-state index in [1.165, 1.54) is 11.3 Å². The largest absolute Gasteiger partial charge is 0.490 e. The van der Waals surface area contributed by atoms with Crippen LogP contribution in [0.2, 0.25) is 0 Å². The van der Waals surface area contributed by atoms with Gasteiger partial charge in [0.1, 0.15) is 16.5 Å². The van der Waals surface area contributed by atoms with E-state index in [2.05, 4.69) is 25.6 Å². The molecule has 1 amide bonds. The Hall–Kier alpha value is -4.56. The second-order valence-corrected chi connectivity index (χ2v) is 10.1. The van der Waals surface area contributed by atoms with Crippen LogP contribution < -0.4 is 15.5 Å². The highest BCUT2D eigenvalue weighted by Crippen LogP contribution is 2.29. The van der Waals surface area contributed by atoms with Gasteiger partial charge in [-0.3, -0.25) is 4.79 Å². The molecule has 0 atom stereocenters. The third-order valence-electron chi connectivity index (χ3n) is 5.12. The molecule has 206 valence electrons. The summed E-state index contributed by atoms with van der Waals surface area (Å²) in [5, 5.41) is 18.9. The van der Waals surface area contributed by atoms with Crippen molar-refractivity contribution in [3.8, 4) is 9.88 Å². The first-order chi connectivity index (χ1) is 19.0. The molecule has 0 spiro atoms. The molecule has 3 heterocycles. The van der Waals surface area contributed by atoms with E-state index in [4.69, 9.17) is 9.90 Å². The lowest BCUT2D eigenvalue weighted by molar-refractivity contribution is -0.192. The lowest BCUT2D eigenvalue weighted by Crippen LogP contribution is -2.21. The average molecular weight is 587 g/mol. The van der Waals surface area contributed by atoms with Crippen molar-refractivity contribution in [1.29, 1.82) is 0 Å². The van der Waals surface area contributed by atoms with Gasteiger partial charge in [0.05, 0.1) is 10.4 Å². The summed E-state index contributed by atoms with van der Waals surface area (Å²) in [6, 6.07) is 19.3. The highest BCUT2D eigenvalue weighted by molar-refractivity contribution is 7.20. The normalized spacial score (nSPS) is 10.9. The van der Waals surface area contributed by atoms with Gasteiger partial charge in [0.15, 0.2) is 0 Å². The number of carboxylic acids is 1. The van der Waals surface area contributed by atoms with Gasteiger partial charge in [0, 0.05) is 36.2 Å². The Balaban J connectivity index is 0.000000470. The zero-order valence-electron chi connectivity index (χ0n) is 20.9. The lowest BCUT2D eigenvalue weighted by Gasteiger charge is -2.16. The number of rotatable bonds is 6. The first-order valence-corrected chi connectivity index (χ1v) is 13.2.